The van der Waals surface area contributed by atoms with Crippen molar-refractivity contribution in [1.82, 2.24) is 4.90 Å². The fraction of sp³-hybridized carbons (Fsp3) is 0.188. The topological polar surface area (TPSA) is 40.5 Å². The van der Waals surface area contributed by atoms with Gasteiger partial charge in [-0.2, -0.15) is 0 Å². The largest absolute Gasteiger partial charge is 0.478 e. The SMILES string of the molecule is Cl.O=C(O)c1ccc2c(c1)CN(Cc1ccccc1)C2. The highest BCUT2D eigenvalue weighted by Crippen LogP contribution is 2.25. The molecular weight excluding hydrogens is 274 g/mol. The molecule has 0 aromatic heterocycles. The Kier molecular flexibility index (Phi) is 4.42. The summed E-state index contributed by atoms with van der Waals surface area (Å²) in [6.45, 7) is 2.62. The Balaban J connectivity index is 0.00000147. The number of carbonyl (C=O) groups is 1. The van der Waals surface area contributed by atoms with Crippen LogP contribution < -0.4 is 0 Å². The average molecular weight is 290 g/mol. The third kappa shape index (κ3) is 3.00. The number of halogens is 1. The molecule has 1 N–H and O–H groups in total. The Hall–Kier alpha value is -1.84. The molecule has 1 aliphatic heterocycles. The molecule has 0 radical (unpaired) electrons. The van der Waals surface area contributed by atoms with Crippen molar-refractivity contribution < 1.29 is 9.90 Å². The van der Waals surface area contributed by atoms with Crippen molar-refractivity contribution in [1.29, 1.82) is 0 Å². The van der Waals surface area contributed by atoms with Crippen LogP contribution in [0.1, 0.15) is 27.0 Å². The quantitative estimate of drug-likeness (QED) is 0.942. The van der Waals surface area contributed by atoms with Crippen molar-refractivity contribution in [2.45, 2.75) is 19.6 Å². The third-order valence-corrected chi connectivity index (χ3v) is 3.49. The van der Waals surface area contributed by atoms with E-state index >= 15 is 0 Å². The fourth-order valence-corrected chi connectivity index (χ4v) is 2.55. The number of rotatable bonds is 3. The minimum atomic E-state index is -0.857. The first-order valence-corrected chi connectivity index (χ1v) is 6.34. The van der Waals surface area contributed by atoms with Crippen LogP contribution in [0, 0.1) is 0 Å². The highest BCUT2D eigenvalue weighted by atomic mass is 35.5. The molecule has 3 nitrogen and oxygen atoms in total. The number of hydrogen-bond donors (Lipinski definition) is 1. The van der Waals surface area contributed by atoms with Gasteiger partial charge in [-0.05, 0) is 28.8 Å². The Bertz CT molecular complexity index is 613. The molecule has 0 bridgehead atoms. The zero-order valence-electron chi connectivity index (χ0n) is 11.0. The van der Waals surface area contributed by atoms with Gasteiger partial charge in [0.05, 0.1) is 5.56 Å². The molecule has 20 heavy (non-hydrogen) atoms. The molecular formula is C16H16ClNO2. The van der Waals surface area contributed by atoms with Crippen LogP contribution in [0.2, 0.25) is 0 Å². The normalized spacial score (nSPS) is 13.6. The fourth-order valence-electron chi connectivity index (χ4n) is 2.55. The van der Waals surface area contributed by atoms with Gasteiger partial charge < -0.3 is 5.11 Å². The first-order chi connectivity index (χ1) is 9.22. The summed E-state index contributed by atoms with van der Waals surface area (Å²) in [5, 5.41) is 9.00. The van der Waals surface area contributed by atoms with Gasteiger partial charge in [0.25, 0.3) is 0 Å². The molecule has 0 saturated heterocycles. The van der Waals surface area contributed by atoms with E-state index in [-0.39, 0.29) is 12.4 Å². The number of carboxylic acid groups (broad SMARTS) is 1. The lowest BCUT2D eigenvalue weighted by molar-refractivity contribution is 0.0696. The van der Waals surface area contributed by atoms with Gasteiger partial charge in [0.2, 0.25) is 0 Å². The van der Waals surface area contributed by atoms with E-state index in [0.29, 0.717) is 5.56 Å². The Morgan fingerprint density at radius 2 is 1.75 bits per heavy atom. The summed E-state index contributed by atoms with van der Waals surface area (Å²) in [5.41, 5.74) is 4.03. The average Bonchev–Trinajstić information content (AvgIpc) is 2.80. The van der Waals surface area contributed by atoms with Crippen LogP contribution in [-0.2, 0) is 19.6 Å². The Morgan fingerprint density at radius 1 is 1.05 bits per heavy atom. The van der Waals surface area contributed by atoms with Gasteiger partial charge in [0, 0.05) is 19.6 Å². The van der Waals surface area contributed by atoms with Crippen LogP contribution in [0.15, 0.2) is 48.5 Å². The monoisotopic (exact) mass is 289 g/mol. The molecule has 4 heteroatoms. The highest BCUT2D eigenvalue weighted by Gasteiger charge is 2.20. The van der Waals surface area contributed by atoms with Crippen LogP contribution >= 0.6 is 12.4 Å². The van der Waals surface area contributed by atoms with Gasteiger partial charge >= 0.3 is 5.97 Å². The lowest BCUT2D eigenvalue weighted by Gasteiger charge is -2.14. The van der Waals surface area contributed by atoms with E-state index in [1.54, 1.807) is 12.1 Å². The molecule has 0 atom stereocenters. The van der Waals surface area contributed by atoms with Crippen molar-refractivity contribution in [2.75, 3.05) is 0 Å². The molecule has 1 heterocycles. The summed E-state index contributed by atoms with van der Waals surface area (Å²) >= 11 is 0. The smallest absolute Gasteiger partial charge is 0.335 e. The molecule has 2 aromatic carbocycles. The van der Waals surface area contributed by atoms with Crippen LogP contribution in [0.5, 0.6) is 0 Å². The molecule has 3 rings (SSSR count). The van der Waals surface area contributed by atoms with Gasteiger partial charge in [0.1, 0.15) is 0 Å². The van der Waals surface area contributed by atoms with Crippen molar-refractivity contribution in [2.24, 2.45) is 0 Å². The van der Waals surface area contributed by atoms with Crippen LogP contribution in [0.4, 0.5) is 0 Å². The second kappa shape index (κ2) is 6.07. The molecule has 0 aliphatic carbocycles. The first-order valence-electron chi connectivity index (χ1n) is 6.34. The molecule has 0 amide bonds. The molecule has 0 unspecified atom stereocenters. The lowest BCUT2D eigenvalue weighted by Crippen LogP contribution is -2.15. The van der Waals surface area contributed by atoms with Crippen molar-refractivity contribution in [3.8, 4) is 0 Å². The predicted octanol–water partition coefficient (Wildman–Crippen LogP) is 3.32. The maximum atomic E-state index is 11.0. The standard InChI is InChI=1S/C16H15NO2.ClH/c18-16(19)13-6-7-14-10-17(11-15(14)8-13)9-12-4-2-1-3-5-12;/h1-8H,9-11H2,(H,18,19);1H. The highest BCUT2D eigenvalue weighted by molar-refractivity contribution is 5.88. The Morgan fingerprint density at radius 3 is 2.45 bits per heavy atom. The number of hydrogen-bond acceptors (Lipinski definition) is 2. The van der Waals surface area contributed by atoms with Crippen LogP contribution in [-0.4, -0.2) is 16.0 Å². The van der Waals surface area contributed by atoms with Gasteiger partial charge in [-0.1, -0.05) is 36.4 Å². The van der Waals surface area contributed by atoms with Crippen molar-refractivity contribution in [3.05, 3.63) is 70.8 Å². The van der Waals surface area contributed by atoms with Crippen LogP contribution in [0.25, 0.3) is 0 Å². The number of carboxylic acids is 1. The number of fused-ring (bicyclic) bond motifs is 1. The summed E-state index contributed by atoms with van der Waals surface area (Å²) in [6.07, 6.45) is 0. The zero-order valence-corrected chi connectivity index (χ0v) is 11.8. The van der Waals surface area contributed by atoms with E-state index in [0.717, 1.165) is 25.2 Å². The third-order valence-electron chi connectivity index (χ3n) is 3.49. The van der Waals surface area contributed by atoms with E-state index in [1.807, 2.05) is 24.3 Å². The number of nitrogens with zero attached hydrogens (tertiary/aromatic N) is 1. The first kappa shape index (κ1) is 14.6. The molecule has 104 valence electrons. The van der Waals surface area contributed by atoms with Gasteiger partial charge in [0.15, 0.2) is 0 Å². The molecule has 2 aromatic rings. The van der Waals surface area contributed by atoms with Crippen molar-refractivity contribution >= 4 is 18.4 Å². The maximum Gasteiger partial charge on any atom is 0.335 e. The van der Waals surface area contributed by atoms with Crippen molar-refractivity contribution in [3.63, 3.8) is 0 Å². The Labute approximate surface area is 124 Å². The summed E-state index contributed by atoms with van der Waals surface area (Å²) in [7, 11) is 0. The number of benzene rings is 2. The summed E-state index contributed by atoms with van der Waals surface area (Å²) in [6, 6.07) is 15.8. The molecule has 0 saturated carbocycles. The summed E-state index contributed by atoms with van der Waals surface area (Å²) in [5.74, 6) is -0.857. The molecule has 0 fully saturated rings. The molecule has 0 spiro atoms. The zero-order chi connectivity index (χ0) is 13.2. The predicted molar refractivity (Wildman–Crippen MR) is 80.0 cm³/mol. The van der Waals surface area contributed by atoms with E-state index in [2.05, 4.69) is 17.0 Å². The summed E-state index contributed by atoms with van der Waals surface area (Å²) in [4.78, 5) is 13.3. The van der Waals surface area contributed by atoms with E-state index in [1.165, 1.54) is 11.1 Å². The number of aromatic carboxylic acids is 1. The second-order valence-electron chi connectivity index (χ2n) is 4.92. The van der Waals surface area contributed by atoms with E-state index < -0.39 is 5.97 Å². The van der Waals surface area contributed by atoms with E-state index in [4.69, 9.17) is 5.11 Å². The second-order valence-corrected chi connectivity index (χ2v) is 4.92. The maximum absolute atomic E-state index is 11.0. The van der Waals surface area contributed by atoms with E-state index in [9.17, 15) is 4.79 Å². The van der Waals surface area contributed by atoms with Crippen LogP contribution in [0.3, 0.4) is 0 Å². The summed E-state index contributed by atoms with van der Waals surface area (Å²) < 4.78 is 0. The van der Waals surface area contributed by atoms with Gasteiger partial charge in [-0.3, -0.25) is 4.90 Å². The minimum Gasteiger partial charge on any atom is -0.478 e. The minimum absolute atomic E-state index is 0. The molecule has 1 aliphatic rings. The lowest BCUT2D eigenvalue weighted by atomic mass is 10.1. The van der Waals surface area contributed by atoms with Gasteiger partial charge in [-0.15, -0.1) is 12.4 Å². The van der Waals surface area contributed by atoms with Gasteiger partial charge in [-0.25, -0.2) is 4.79 Å².